The number of nitrogens with zero attached hydrogens (tertiary/aromatic N) is 2. The third-order valence-corrected chi connectivity index (χ3v) is 4.00. The first-order valence-electron chi connectivity index (χ1n) is 6.46. The second kappa shape index (κ2) is 6.51. The van der Waals surface area contributed by atoms with Gasteiger partial charge in [-0.25, -0.2) is 0 Å². The number of hydrogen-bond acceptors (Lipinski definition) is 5. The predicted octanol–water partition coefficient (Wildman–Crippen LogP) is 2.41. The molecule has 0 saturated carbocycles. The number of nitrogens with one attached hydrogen (secondary N) is 1. The minimum atomic E-state index is -0.372. The van der Waals surface area contributed by atoms with E-state index in [1.54, 1.807) is 13.0 Å². The molecule has 1 atom stereocenters. The average molecular weight is 344 g/mol. The topological polar surface area (TPSA) is 67.6 Å². The van der Waals surface area contributed by atoms with Crippen LogP contribution in [0.25, 0.3) is 0 Å². The number of hydrogen-bond donors (Lipinski definition) is 1. The summed E-state index contributed by atoms with van der Waals surface area (Å²) in [7, 11) is 2.07. The lowest BCUT2D eigenvalue weighted by Gasteiger charge is -2.30. The Balaban J connectivity index is 2.02. The van der Waals surface area contributed by atoms with Gasteiger partial charge in [-0.1, -0.05) is 0 Å². The number of ether oxygens (including phenoxy) is 1. The summed E-state index contributed by atoms with van der Waals surface area (Å²) in [6.45, 7) is 5.00. The van der Waals surface area contributed by atoms with Crippen molar-refractivity contribution in [2.24, 2.45) is 0 Å². The fourth-order valence-electron chi connectivity index (χ4n) is 2.22. The Hall–Kier alpha value is -1.18. The molecule has 7 heteroatoms. The van der Waals surface area contributed by atoms with Gasteiger partial charge in [0.1, 0.15) is 0 Å². The fourth-order valence-corrected chi connectivity index (χ4v) is 2.69. The molecule has 1 aromatic carbocycles. The summed E-state index contributed by atoms with van der Waals surface area (Å²) in [5.41, 5.74) is 1.61. The monoisotopic (exact) mass is 343 g/mol. The highest BCUT2D eigenvalue weighted by molar-refractivity contribution is 9.10. The molecule has 1 aromatic rings. The van der Waals surface area contributed by atoms with Gasteiger partial charge in [0.15, 0.2) is 0 Å². The third kappa shape index (κ3) is 3.68. The molecule has 1 heterocycles. The van der Waals surface area contributed by atoms with Crippen molar-refractivity contribution in [3.05, 3.63) is 32.3 Å². The van der Waals surface area contributed by atoms with E-state index in [4.69, 9.17) is 4.74 Å². The van der Waals surface area contributed by atoms with Crippen molar-refractivity contribution in [2.75, 3.05) is 38.6 Å². The molecule has 1 unspecified atom stereocenters. The van der Waals surface area contributed by atoms with Gasteiger partial charge in [0.2, 0.25) is 0 Å². The Bertz CT molecular complexity index is 510. The molecule has 0 spiro atoms. The van der Waals surface area contributed by atoms with Gasteiger partial charge in [-0.15, -0.1) is 0 Å². The number of nitro benzene ring substituents is 1. The van der Waals surface area contributed by atoms with Crippen LogP contribution in [0.15, 0.2) is 16.6 Å². The van der Waals surface area contributed by atoms with Crippen LogP contribution < -0.4 is 5.32 Å². The first-order valence-corrected chi connectivity index (χ1v) is 7.25. The van der Waals surface area contributed by atoms with Crippen LogP contribution in [-0.2, 0) is 4.74 Å². The van der Waals surface area contributed by atoms with Crippen LogP contribution in [0.4, 0.5) is 11.4 Å². The van der Waals surface area contributed by atoms with Gasteiger partial charge < -0.3 is 15.0 Å². The van der Waals surface area contributed by atoms with Crippen LogP contribution >= 0.6 is 15.9 Å². The van der Waals surface area contributed by atoms with Crippen LogP contribution in [-0.4, -0.2) is 49.2 Å². The lowest BCUT2D eigenvalue weighted by molar-refractivity contribution is -0.385. The second-order valence-electron chi connectivity index (χ2n) is 5.01. The SMILES string of the molecule is Cc1cc(NCC2CN(C)CCO2)c(Br)cc1[N+](=O)[O-]. The first kappa shape index (κ1) is 15.2. The highest BCUT2D eigenvalue weighted by Gasteiger charge is 2.19. The number of benzene rings is 1. The summed E-state index contributed by atoms with van der Waals surface area (Å²) in [5.74, 6) is 0. The van der Waals surface area contributed by atoms with Crippen molar-refractivity contribution in [3.63, 3.8) is 0 Å². The van der Waals surface area contributed by atoms with E-state index in [2.05, 4.69) is 33.2 Å². The molecule has 0 aromatic heterocycles. The summed E-state index contributed by atoms with van der Waals surface area (Å²) in [6.07, 6.45) is 0.135. The first-order chi connectivity index (χ1) is 9.47. The number of anilines is 1. The zero-order valence-corrected chi connectivity index (χ0v) is 13.1. The fraction of sp³-hybridized carbons (Fsp3) is 0.538. The smallest absolute Gasteiger partial charge is 0.273 e. The Labute approximate surface area is 126 Å². The van der Waals surface area contributed by atoms with Crippen molar-refractivity contribution in [1.82, 2.24) is 4.90 Å². The molecule has 1 aliphatic rings. The molecule has 1 N–H and O–H groups in total. The zero-order valence-electron chi connectivity index (χ0n) is 11.6. The number of nitro groups is 1. The molecule has 2 rings (SSSR count). The molecular weight excluding hydrogens is 326 g/mol. The summed E-state index contributed by atoms with van der Waals surface area (Å²) < 4.78 is 6.37. The molecule has 0 amide bonds. The minimum Gasteiger partial charge on any atom is -0.381 e. The lowest BCUT2D eigenvalue weighted by Crippen LogP contribution is -2.43. The maximum Gasteiger partial charge on any atom is 0.273 e. The number of likely N-dealkylation sites (N-methyl/N-ethyl adjacent to an activating group) is 1. The van der Waals surface area contributed by atoms with Crippen molar-refractivity contribution >= 4 is 27.3 Å². The van der Waals surface area contributed by atoms with E-state index in [1.165, 1.54) is 6.07 Å². The van der Waals surface area contributed by atoms with Gasteiger partial charge in [-0.3, -0.25) is 10.1 Å². The van der Waals surface area contributed by atoms with Gasteiger partial charge in [-0.05, 0) is 36.0 Å². The number of morpholine rings is 1. The summed E-state index contributed by atoms with van der Waals surface area (Å²) in [4.78, 5) is 12.7. The Morgan fingerprint density at radius 1 is 1.60 bits per heavy atom. The third-order valence-electron chi connectivity index (χ3n) is 3.34. The maximum atomic E-state index is 10.9. The van der Waals surface area contributed by atoms with Gasteiger partial charge in [-0.2, -0.15) is 0 Å². The molecule has 0 aliphatic carbocycles. The molecule has 1 saturated heterocycles. The van der Waals surface area contributed by atoms with E-state index in [-0.39, 0.29) is 16.7 Å². The maximum absolute atomic E-state index is 10.9. The van der Waals surface area contributed by atoms with Gasteiger partial charge in [0.25, 0.3) is 5.69 Å². The van der Waals surface area contributed by atoms with E-state index in [0.717, 1.165) is 25.4 Å². The van der Waals surface area contributed by atoms with E-state index in [0.29, 0.717) is 16.6 Å². The standard InChI is InChI=1S/C13H18BrN3O3/c1-9-5-12(11(14)6-13(9)17(18)19)15-7-10-8-16(2)3-4-20-10/h5-6,10,15H,3-4,7-8H2,1-2H3. The lowest BCUT2D eigenvalue weighted by atomic mass is 10.1. The van der Waals surface area contributed by atoms with Crippen molar-refractivity contribution in [3.8, 4) is 0 Å². The Morgan fingerprint density at radius 3 is 3.00 bits per heavy atom. The van der Waals surface area contributed by atoms with Gasteiger partial charge in [0, 0.05) is 41.4 Å². The quantitative estimate of drug-likeness (QED) is 0.671. The summed E-state index contributed by atoms with van der Waals surface area (Å²) in [6, 6.07) is 3.32. The molecule has 0 radical (unpaired) electrons. The molecule has 20 heavy (non-hydrogen) atoms. The minimum absolute atomic E-state index is 0.121. The predicted molar refractivity (Wildman–Crippen MR) is 81.3 cm³/mol. The molecule has 0 bridgehead atoms. The molecule has 6 nitrogen and oxygen atoms in total. The van der Waals surface area contributed by atoms with Gasteiger partial charge >= 0.3 is 0 Å². The largest absolute Gasteiger partial charge is 0.381 e. The van der Waals surface area contributed by atoms with Crippen molar-refractivity contribution in [1.29, 1.82) is 0 Å². The molecular formula is C13H18BrN3O3. The van der Waals surface area contributed by atoms with Crippen LogP contribution in [0, 0.1) is 17.0 Å². The van der Waals surface area contributed by atoms with E-state index < -0.39 is 0 Å². The van der Waals surface area contributed by atoms with Crippen molar-refractivity contribution < 1.29 is 9.66 Å². The van der Waals surface area contributed by atoms with E-state index >= 15 is 0 Å². The van der Waals surface area contributed by atoms with Crippen LogP contribution in [0.1, 0.15) is 5.56 Å². The van der Waals surface area contributed by atoms with E-state index in [9.17, 15) is 10.1 Å². The van der Waals surface area contributed by atoms with Crippen LogP contribution in [0.3, 0.4) is 0 Å². The summed E-state index contributed by atoms with van der Waals surface area (Å²) in [5, 5.41) is 14.2. The zero-order chi connectivity index (χ0) is 14.7. The number of rotatable bonds is 4. The molecule has 110 valence electrons. The molecule has 1 fully saturated rings. The Kier molecular flexibility index (Phi) is 4.95. The van der Waals surface area contributed by atoms with Crippen molar-refractivity contribution in [2.45, 2.75) is 13.0 Å². The number of halogens is 1. The average Bonchev–Trinajstić information content (AvgIpc) is 2.39. The highest BCUT2D eigenvalue weighted by Crippen LogP contribution is 2.30. The normalized spacial score (nSPS) is 19.9. The summed E-state index contributed by atoms with van der Waals surface area (Å²) >= 11 is 3.37. The number of aryl methyl sites for hydroxylation is 1. The molecule has 1 aliphatic heterocycles. The highest BCUT2D eigenvalue weighted by atomic mass is 79.9. The van der Waals surface area contributed by atoms with Gasteiger partial charge in [0.05, 0.1) is 17.6 Å². The second-order valence-corrected chi connectivity index (χ2v) is 5.87. The van der Waals surface area contributed by atoms with E-state index in [1.807, 2.05) is 0 Å². The Morgan fingerprint density at radius 2 is 2.35 bits per heavy atom. The van der Waals surface area contributed by atoms with Crippen LogP contribution in [0.2, 0.25) is 0 Å². The van der Waals surface area contributed by atoms with Crippen LogP contribution in [0.5, 0.6) is 0 Å².